The number of hydrogen-bond donors (Lipinski definition) is 11. The van der Waals surface area contributed by atoms with Gasteiger partial charge in [0.1, 0.15) is 18.1 Å². The Morgan fingerprint density at radius 2 is 1.59 bits per heavy atom. The largest absolute Gasteiger partial charge is 0.481 e. The smallest absolute Gasteiger partial charge is 0.326 e. The van der Waals surface area contributed by atoms with E-state index in [1.54, 1.807) is 0 Å². The predicted molar refractivity (Wildman–Crippen MR) is 138 cm³/mol. The molecule has 3 amide bonds. The Labute approximate surface area is 224 Å². The molecule has 14 N–H and O–H groups in total. The maximum atomic E-state index is 13.3. The highest BCUT2D eigenvalue weighted by molar-refractivity contribution is 5.94. The number of H-pyrrole nitrogens is 1. The summed E-state index contributed by atoms with van der Waals surface area (Å²) in [5, 5.41) is 35.2. The number of aromatic nitrogens is 2. The first kappa shape index (κ1) is 32.8. The maximum Gasteiger partial charge on any atom is 0.326 e. The van der Waals surface area contributed by atoms with E-state index in [0.29, 0.717) is 31.5 Å². The number of carboxylic acids is 2. The molecule has 17 heteroatoms. The van der Waals surface area contributed by atoms with Crippen molar-refractivity contribution in [3.63, 3.8) is 0 Å². The van der Waals surface area contributed by atoms with Crippen LogP contribution in [0.2, 0.25) is 0 Å². The first-order valence-corrected chi connectivity index (χ1v) is 12.3. The minimum atomic E-state index is -1.74. The third-order valence-corrected chi connectivity index (χ3v) is 5.52. The van der Waals surface area contributed by atoms with Crippen molar-refractivity contribution in [3.05, 3.63) is 18.2 Å². The van der Waals surface area contributed by atoms with Gasteiger partial charge in [0.15, 0.2) is 5.96 Å². The fourth-order valence-electron chi connectivity index (χ4n) is 3.46. The van der Waals surface area contributed by atoms with E-state index in [1.165, 1.54) is 12.5 Å². The third-order valence-electron chi connectivity index (χ3n) is 5.52. The molecule has 218 valence electrons. The number of amides is 3. The number of aliphatic carboxylic acids is 2. The van der Waals surface area contributed by atoms with Gasteiger partial charge in [-0.15, -0.1) is 0 Å². The van der Waals surface area contributed by atoms with Crippen LogP contribution in [-0.2, 0) is 30.4 Å². The minimum absolute atomic E-state index is 0.0288. The molecule has 1 aromatic rings. The molecule has 0 fully saturated rings. The molecule has 0 aromatic carbocycles. The van der Waals surface area contributed by atoms with Crippen LogP contribution in [0.4, 0.5) is 0 Å². The van der Waals surface area contributed by atoms with Crippen LogP contribution in [0.1, 0.15) is 44.2 Å². The van der Waals surface area contributed by atoms with Gasteiger partial charge in [0.05, 0.1) is 24.5 Å². The van der Waals surface area contributed by atoms with Gasteiger partial charge in [-0.3, -0.25) is 24.6 Å². The second-order valence-corrected chi connectivity index (χ2v) is 8.76. The highest BCUT2D eigenvalue weighted by atomic mass is 16.4. The van der Waals surface area contributed by atoms with E-state index in [9.17, 15) is 29.1 Å². The Kier molecular flexibility index (Phi) is 14.5. The number of nitrogens with zero attached hydrogens (tertiary/aromatic N) is 1. The average molecular weight is 555 g/mol. The Morgan fingerprint density at radius 3 is 2.15 bits per heavy atom. The van der Waals surface area contributed by atoms with E-state index in [0.717, 1.165) is 0 Å². The molecular formula is C22H38N10O7. The fourth-order valence-corrected chi connectivity index (χ4v) is 3.46. The standard InChI is InChI=1S/C22H38N10O7/c23-6-2-1-4-13(24)18(35)31-15(8-12-10-27-11-29-12)20(37)30-14(5-3-7-28-22(25)26)19(36)32-16(21(38)39)9-17(33)34/h10-11,13-16H,1-9,23-24H2,(H,27,29)(H,30,37)(H,31,35)(H,32,36)(H,33,34)(H,38,39)(H4,25,26,28)/t13-,14-,15-,16-/m0/s1. The molecule has 0 bridgehead atoms. The molecule has 39 heavy (non-hydrogen) atoms. The molecule has 1 aromatic heterocycles. The SMILES string of the molecule is N=C(N)NCCC[C@H](NC(=O)[C@H](Cc1c[nH]cn1)NC(=O)[C@@H](N)CCCCN)C(=O)N[C@@H](CC(=O)O)C(=O)O. The summed E-state index contributed by atoms with van der Waals surface area (Å²) in [6, 6.07) is -5.15. The lowest BCUT2D eigenvalue weighted by molar-refractivity contribution is -0.147. The lowest BCUT2D eigenvalue weighted by atomic mass is 10.1. The Bertz CT molecular complexity index is 972. The lowest BCUT2D eigenvalue weighted by Gasteiger charge is -2.25. The van der Waals surface area contributed by atoms with Crippen LogP contribution in [0.25, 0.3) is 0 Å². The van der Waals surface area contributed by atoms with Gasteiger partial charge in [0.2, 0.25) is 17.7 Å². The van der Waals surface area contributed by atoms with Crippen LogP contribution in [0.15, 0.2) is 12.5 Å². The molecular weight excluding hydrogens is 516 g/mol. The van der Waals surface area contributed by atoms with Crippen molar-refractivity contribution in [2.75, 3.05) is 13.1 Å². The van der Waals surface area contributed by atoms with E-state index in [2.05, 4.69) is 31.2 Å². The Morgan fingerprint density at radius 1 is 0.949 bits per heavy atom. The summed E-state index contributed by atoms with van der Waals surface area (Å²) in [7, 11) is 0. The molecule has 0 aliphatic carbocycles. The quantitative estimate of drug-likeness (QED) is 0.0455. The van der Waals surface area contributed by atoms with E-state index >= 15 is 0 Å². The van der Waals surface area contributed by atoms with Crippen molar-refractivity contribution in [2.45, 2.75) is 69.1 Å². The highest BCUT2D eigenvalue weighted by Crippen LogP contribution is 2.06. The molecule has 0 unspecified atom stereocenters. The first-order chi connectivity index (χ1) is 18.4. The van der Waals surface area contributed by atoms with Crippen molar-refractivity contribution in [2.24, 2.45) is 17.2 Å². The summed E-state index contributed by atoms with van der Waals surface area (Å²) in [6.45, 7) is 0.608. The molecule has 17 nitrogen and oxygen atoms in total. The molecule has 0 spiro atoms. The van der Waals surface area contributed by atoms with Crippen LogP contribution in [0.3, 0.4) is 0 Å². The van der Waals surface area contributed by atoms with Gasteiger partial charge in [-0.2, -0.15) is 0 Å². The topological polar surface area (TPSA) is 305 Å². The van der Waals surface area contributed by atoms with E-state index in [-0.39, 0.29) is 31.8 Å². The van der Waals surface area contributed by atoms with Crippen molar-refractivity contribution < 1.29 is 34.2 Å². The Balaban J connectivity index is 3.06. The summed E-state index contributed by atoms with van der Waals surface area (Å²) in [5.41, 5.74) is 17.1. The summed E-state index contributed by atoms with van der Waals surface area (Å²) < 4.78 is 0. The third kappa shape index (κ3) is 13.2. The van der Waals surface area contributed by atoms with Crippen molar-refractivity contribution in [1.29, 1.82) is 5.41 Å². The number of carbonyl (C=O) groups is 5. The average Bonchev–Trinajstić information content (AvgIpc) is 3.37. The number of nitrogens with one attached hydrogen (secondary N) is 6. The molecule has 4 atom stereocenters. The van der Waals surface area contributed by atoms with Gasteiger partial charge < -0.3 is 53.7 Å². The highest BCUT2D eigenvalue weighted by Gasteiger charge is 2.31. The second kappa shape index (κ2) is 17.3. The first-order valence-electron chi connectivity index (χ1n) is 12.3. The van der Waals surface area contributed by atoms with Crippen molar-refractivity contribution in [3.8, 4) is 0 Å². The minimum Gasteiger partial charge on any atom is -0.481 e. The van der Waals surface area contributed by atoms with Crippen LogP contribution in [0, 0.1) is 5.41 Å². The number of carbonyl (C=O) groups excluding carboxylic acids is 3. The van der Waals surface area contributed by atoms with Gasteiger partial charge in [-0.25, -0.2) is 9.78 Å². The monoisotopic (exact) mass is 554 g/mol. The van der Waals surface area contributed by atoms with Crippen molar-refractivity contribution >= 4 is 35.6 Å². The number of unbranched alkanes of at least 4 members (excludes halogenated alkanes) is 1. The zero-order valence-electron chi connectivity index (χ0n) is 21.4. The van der Waals surface area contributed by atoms with Crippen LogP contribution < -0.4 is 38.5 Å². The van der Waals surface area contributed by atoms with Crippen LogP contribution >= 0.6 is 0 Å². The van der Waals surface area contributed by atoms with Gasteiger partial charge in [0.25, 0.3) is 0 Å². The predicted octanol–water partition coefficient (Wildman–Crippen LogP) is -3.31. The molecule has 1 heterocycles. The molecule has 0 radical (unpaired) electrons. The number of rotatable bonds is 19. The molecule has 0 aliphatic heterocycles. The van der Waals surface area contributed by atoms with Crippen molar-refractivity contribution in [1.82, 2.24) is 31.2 Å². The van der Waals surface area contributed by atoms with Gasteiger partial charge >= 0.3 is 11.9 Å². The van der Waals surface area contributed by atoms with E-state index < -0.39 is 60.2 Å². The molecule has 0 saturated carbocycles. The number of imidazole rings is 1. The van der Waals surface area contributed by atoms with Gasteiger partial charge in [-0.05, 0) is 32.2 Å². The maximum absolute atomic E-state index is 13.3. The molecule has 0 saturated heterocycles. The normalized spacial score (nSPS) is 13.8. The number of aromatic amines is 1. The summed E-state index contributed by atoms with van der Waals surface area (Å²) >= 11 is 0. The summed E-state index contributed by atoms with van der Waals surface area (Å²) in [4.78, 5) is 68.1. The lowest BCUT2D eigenvalue weighted by Crippen LogP contribution is -2.57. The number of carboxylic acid groups (broad SMARTS) is 2. The van der Waals surface area contributed by atoms with Crippen LogP contribution in [-0.4, -0.2) is 93.1 Å². The number of nitrogens with two attached hydrogens (primary N) is 3. The van der Waals surface area contributed by atoms with E-state index in [1.807, 2.05) is 0 Å². The number of guanidine groups is 1. The zero-order chi connectivity index (χ0) is 29.4. The van der Waals surface area contributed by atoms with Crippen LogP contribution in [0.5, 0.6) is 0 Å². The van der Waals surface area contributed by atoms with E-state index in [4.69, 9.17) is 27.7 Å². The molecule has 1 rings (SSSR count). The molecule has 0 aliphatic rings. The van der Waals surface area contributed by atoms with Gasteiger partial charge in [-0.1, -0.05) is 6.42 Å². The van der Waals surface area contributed by atoms with Gasteiger partial charge in [0, 0.05) is 19.2 Å². The fraction of sp³-hybridized carbons (Fsp3) is 0.591. The summed E-state index contributed by atoms with van der Waals surface area (Å²) in [5.74, 6) is -5.63. The summed E-state index contributed by atoms with van der Waals surface area (Å²) in [6.07, 6.45) is 3.79. The second-order valence-electron chi connectivity index (χ2n) is 8.76. The Hall–Kier alpha value is -4.25. The number of hydrogen-bond acceptors (Lipinski definition) is 9. The zero-order valence-corrected chi connectivity index (χ0v) is 21.4.